The van der Waals surface area contributed by atoms with Crippen molar-refractivity contribution in [2.75, 3.05) is 13.2 Å². The van der Waals surface area contributed by atoms with Gasteiger partial charge in [0.05, 0.1) is 0 Å². The lowest BCUT2D eigenvalue weighted by Gasteiger charge is -2.49. The van der Waals surface area contributed by atoms with Gasteiger partial charge in [0.1, 0.15) is 43.6 Å². The number of hydrogen-bond acceptors (Lipinski definition) is 17. The largest absolute Gasteiger partial charge is 0.463 e. The molecule has 0 aromatic carbocycles. The highest BCUT2D eigenvalue weighted by atomic mass is 16.8. The van der Waals surface area contributed by atoms with Crippen LogP contribution in [0, 0.1) is 0 Å². The van der Waals surface area contributed by atoms with Gasteiger partial charge in [-0.05, 0) is 0 Å². The molecule has 0 bridgehead atoms. The Morgan fingerprint density at radius 2 is 0.830 bits per heavy atom. The van der Waals surface area contributed by atoms with E-state index in [9.17, 15) is 38.4 Å². The van der Waals surface area contributed by atoms with Crippen molar-refractivity contribution in [3.05, 3.63) is 0 Å². The van der Waals surface area contributed by atoms with Crippen LogP contribution in [0.5, 0.6) is 0 Å². The number of hydrogen-bond donors (Lipinski definition) is 2. The summed E-state index contributed by atoms with van der Waals surface area (Å²) < 4.78 is 50.1. The van der Waals surface area contributed by atoms with Gasteiger partial charge in [0, 0.05) is 55.4 Å². The number of carbonyl (C=O) groups excluding carboxylic acids is 8. The molecule has 2 N–H and O–H groups in total. The summed E-state index contributed by atoms with van der Waals surface area (Å²) in [6.07, 6.45) is -12.1. The average molecular weight is 677 g/mol. The molecule has 0 spiro atoms. The third-order valence-corrected chi connectivity index (χ3v) is 6.41. The maximum absolute atomic E-state index is 12.4. The fourth-order valence-electron chi connectivity index (χ4n) is 4.95. The summed E-state index contributed by atoms with van der Waals surface area (Å²) in [5, 5.41) is 5.02. The van der Waals surface area contributed by atoms with Gasteiger partial charge in [-0.15, -0.1) is 0 Å². The maximum atomic E-state index is 12.4. The Morgan fingerprint density at radius 1 is 0.468 bits per heavy atom. The Morgan fingerprint density at radius 3 is 1.23 bits per heavy atom. The van der Waals surface area contributed by atoms with Crippen molar-refractivity contribution in [1.29, 1.82) is 0 Å². The number of amides is 2. The molecule has 19 heteroatoms. The third kappa shape index (κ3) is 12.1. The van der Waals surface area contributed by atoms with E-state index in [1.54, 1.807) is 0 Å². The second kappa shape index (κ2) is 17.5. The Labute approximate surface area is 269 Å². The van der Waals surface area contributed by atoms with E-state index >= 15 is 0 Å². The summed E-state index contributed by atoms with van der Waals surface area (Å²) >= 11 is 0. The quantitative estimate of drug-likeness (QED) is 0.173. The number of carbonyl (C=O) groups is 8. The molecular weight excluding hydrogens is 636 g/mol. The molecule has 47 heavy (non-hydrogen) atoms. The van der Waals surface area contributed by atoms with E-state index in [-0.39, 0.29) is 0 Å². The number of ether oxygens (including phenoxy) is 9. The molecule has 1 unspecified atom stereocenters. The molecule has 0 aromatic heterocycles. The summed E-state index contributed by atoms with van der Waals surface area (Å²) in [7, 11) is 0. The lowest BCUT2D eigenvalue weighted by atomic mass is 9.94. The Kier molecular flexibility index (Phi) is 14.5. The van der Waals surface area contributed by atoms with Crippen molar-refractivity contribution in [3.8, 4) is 0 Å². The van der Waals surface area contributed by atoms with E-state index in [2.05, 4.69) is 10.6 Å². The van der Waals surface area contributed by atoms with Crippen molar-refractivity contribution in [2.24, 2.45) is 0 Å². The molecule has 2 aliphatic heterocycles. The van der Waals surface area contributed by atoms with Crippen LogP contribution in [0.1, 0.15) is 55.4 Å². The minimum absolute atomic E-state index is 0.549. The van der Waals surface area contributed by atoms with Gasteiger partial charge in [-0.2, -0.15) is 0 Å². The molecule has 0 aromatic rings. The molecule has 0 radical (unpaired) electrons. The molecule has 2 aliphatic rings. The van der Waals surface area contributed by atoms with Crippen molar-refractivity contribution < 1.29 is 81.0 Å². The van der Waals surface area contributed by atoms with Gasteiger partial charge < -0.3 is 53.3 Å². The van der Waals surface area contributed by atoms with E-state index in [1.165, 1.54) is 0 Å². The molecular formula is C28H40N2O17. The monoisotopic (exact) mass is 676 g/mol. The average Bonchev–Trinajstić information content (AvgIpc) is 2.91. The highest BCUT2D eigenvalue weighted by Gasteiger charge is 2.56. The molecule has 264 valence electrons. The van der Waals surface area contributed by atoms with Gasteiger partial charge >= 0.3 is 35.8 Å². The van der Waals surface area contributed by atoms with Crippen LogP contribution >= 0.6 is 0 Å². The first kappa shape index (κ1) is 38.8. The van der Waals surface area contributed by atoms with Crippen LogP contribution < -0.4 is 10.6 Å². The highest BCUT2D eigenvalue weighted by Crippen LogP contribution is 2.33. The van der Waals surface area contributed by atoms with Gasteiger partial charge in [0.2, 0.25) is 18.1 Å². The summed E-state index contributed by atoms with van der Waals surface area (Å²) in [6, 6.07) is -2.86. The minimum Gasteiger partial charge on any atom is -0.463 e. The molecule has 10 atom stereocenters. The topological polar surface area (TPSA) is 244 Å². The first-order valence-electron chi connectivity index (χ1n) is 14.4. The summed E-state index contributed by atoms with van der Waals surface area (Å²) in [6.45, 7) is 7.56. The van der Waals surface area contributed by atoms with Crippen molar-refractivity contribution in [2.45, 2.75) is 117 Å². The van der Waals surface area contributed by atoms with Crippen LogP contribution in [0.4, 0.5) is 0 Å². The molecule has 2 rings (SSSR count). The van der Waals surface area contributed by atoms with Crippen LogP contribution in [0.2, 0.25) is 0 Å². The SMILES string of the molecule is CC(=O)N[C@H]1[C@H](O[C@H]2C(OC(C)=O)[C@@H](NC(C)=O)[C@H](OC(C)=O)O[C@@H]2COC(C)=O)O[C@H](COC(C)=O)[C@@H](OC(C)=O)[C@@H]1OC(C)=O. The second-order valence-corrected chi connectivity index (χ2v) is 10.6. The van der Waals surface area contributed by atoms with Gasteiger partial charge in [-0.3, -0.25) is 38.4 Å². The van der Waals surface area contributed by atoms with E-state index in [4.69, 9.17) is 42.6 Å². The molecule has 19 nitrogen and oxygen atoms in total. The van der Waals surface area contributed by atoms with E-state index in [0.717, 1.165) is 55.4 Å². The molecule has 0 aliphatic carbocycles. The number of rotatable bonds is 12. The van der Waals surface area contributed by atoms with Crippen LogP contribution in [0.3, 0.4) is 0 Å². The lowest BCUT2D eigenvalue weighted by molar-refractivity contribution is -0.330. The summed E-state index contributed by atoms with van der Waals surface area (Å²) in [5.41, 5.74) is 0. The first-order chi connectivity index (χ1) is 21.9. The smallest absolute Gasteiger partial charge is 0.305 e. The Bertz CT molecular complexity index is 1210. The predicted molar refractivity (Wildman–Crippen MR) is 149 cm³/mol. The zero-order valence-corrected chi connectivity index (χ0v) is 27.1. The summed E-state index contributed by atoms with van der Waals surface area (Å²) in [4.78, 5) is 96.7. The molecule has 0 saturated carbocycles. The van der Waals surface area contributed by atoms with E-state index in [0.29, 0.717) is 0 Å². The summed E-state index contributed by atoms with van der Waals surface area (Å²) in [5.74, 6) is -6.25. The van der Waals surface area contributed by atoms with Crippen LogP contribution in [-0.2, 0) is 81.0 Å². The van der Waals surface area contributed by atoms with Gasteiger partial charge in [0.25, 0.3) is 0 Å². The van der Waals surface area contributed by atoms with Crippen LogP contribution in [0.15, 0.2) is 0 Å². The molecule has 2 amide bonds. The second-order valence-electron chi connectivity index (χ2n) is 10.6. The van der Waals surface area contributed by atoms with Gasteiger partial charge in [-0.1, -0.05) is 0 Å². The van der Waals surface area contributed by atoms with Gasteiger partial charge in [0.15, 0.2) is 24.6 Å². The van der Waals surface area contributed by atoms with Crippen molar-refractivity contribution in [1.82, 2.24) is 10.6 Å². The van der Waals surface area contributed by atoms with Crippen LogP contribution in [0.25, 0.3) is 0 Å². The lowest BCUT2D eigenvalue weighted by Crippen LogP contribution is -2.70. The molecule has 2 fully saturated rings. The van der Waals surface area contributed by atoms with Gasteiger partial charge in [-0.25, -0.2) is 0 Å². The first-order valence-corrected chi connectivity index (χ1v) is 14.4. The molecule has 2 saturated heterocycles. The fourth-order valence-corrected chi connectivity index (χ4v) is 4.95. The van der Waals surface area contributed by atoms with Crippen LogP contribution in [-0.4, -0.2) is 122 Å². The highest BCUT2D eigenvalue weighted by molar-refractivity contribution is 5.74. The van der Waals surface area contributed by atoms with Crippen molar-refractivity contribution in [3.63, 3.8) is 0 Å². The zero-order valence-electron chi connectivity index (χ0n) is 27.1. The number of esters is 6. The third-order valence-electron chi connectivity index (χ3n) is 6.41. The number of nitrogens with one attached hydrogen (secondary N) is 2. The standard InChI is InChI=1S/C28H40N2O17/c1-11(31)29-21-26(43-17(7)37)24(20(10-40-14(4)34)45-27(21)44-18(8)38)47-28-22(30-12(2)32)25(42-16(6)36)23(41-15(5)35)19(46-28)9-39-13(3)33/h19-28H,9-10H2,1-8H3,(H,29,31)(H,30,32)/t19-,20-,21-,22-,23-,24-,25-,26?,27-,28+/m1/s1. The fraction of sp³-hybridized carbons (Fsp3) is 0.714. The predicted octanol–water partition coefficient (Wildman–Crippen LogP) is -1.68. The zero-order chi connectivity index (χ0) is 35.6. The molecule has 2 heterocycles. The van der Waals surface area contributed by atoms with E-state index < -0.39 is 122 Å². The van der Waals surface area contributed by atoms with Crippen molar-refractivity contribution >= 4 is 47.6 Å². The Hall–Kier alpha value is -4.36. The normalized spacial score (nSPS) is 30.0. The van der Waals surface area contributed by atoms with E-state index in [1.807, 2.05) is 0 Å². The minimum atomic E-state index is -1.69. The Balaban J connectivity index is 2.73. The maximum Gasteiger partial charge on any atom is 0.305 e.